The smallest absolute Gasteiger partial charge is 0.308 e. The van der Waals surface area contributed by atoms with Gasteiger partial charge in [-0.3, -0.25) is 14.4 Å². The fourth-order valence-corrected chi connectivity index (χ4v) is 10.9. The van der Waals surface area contributed by atoms with Crippen molar-refractivity contribution < 1.29 is 76.7 Å². The highest BCUT2D eigenvalue weighted by molar-refractivity contribution is 5.91. The van der Waals surface area contributed by atoms with Crippen LogP contribution in [0.3, 0.4) is 0 Å². The van der Waals surface area contributed by atoms with Gasteiger partial charge in [-0.05, 0) is 55.7 Å². The summed E-state index contributed by atoms with van der Waals surface area (Å²) in [5.41, 5.74) is 2.05. The number of allylic oxidation sites excluding steroid dienone is 1. The van der Waals surface area contributed by atoms with Gasteiger partial charge in [0.2, 0.25) is 0 Å². The van der Waals surface area contributed by atoms with E-state index in [4.69, 9.17) is 57.2 Å². The summed E-state index contributed by atoms with van der Waals surface area (Å²) in [4.78, 5) is 35.7. The zero-order valence-electron chi connectivity index (χ0n) is 38.9. The van der Waals surface area contributed by atoms with Crippen LogP contribution in [0.25, 0.3) is 0 Å². The Hall–Kier alpha value is -3.65. The highest BCUT2D eigenvalue weighted by Gasteiger charge is 2.70. The van der Waals surface area contributed by atoms with Crippen molar-refractivity contribution in [2.75, 3.05) is 20.8 Å². The van der Waals surface area contributed by atoms with Crippen LogP contribution in [0.5, 0.6) is 0 Å². The van der Waals surface area contributed by atoms with E-state index < -0.39 is 29.9 Å². The van der Waals surface area contributed by atoms with E-state index in [1.807, 2.05) is 67.6 Å². The van der Waals surface area contributed by atoms with Crippen molar-refractivity contribution in [3.8, 4) is 0 Å². The maximum Gasteiger partial charge on any atom is 0.308 e. The largest absolute Gasteiger partial charge is 0.469 e. The first kappa shape index (κ1) is 49.8. The minimum atomic E-state index is -1.14. The van der Waals surface area contributed by atoms with Crippen molar-refractivity contribution in [1.29, 1.82) is 0 Å². The summed E-state index contributed by atoms with van der Waals surface area (Å²) >= 11 is 0. The summed E-state index contributed by atoms with van der Waals surface area (Å²) in [6.45, 7) is 6.51. The molecule has 67 heavy (non-hydrogen) atoms. The van der Waals surface area contributed by atoms with E-state index in [1.165, 1.54) is 26.7 Å². The van der Waals surface area contributed by atoms with Crippen LogP contribution in [0, 0.1) is 5.92 Å². The maximum atomic E-state index is 12.4. The molecule has 7 aliphatic heterocycles. The quantitative estimate of drug-likeness (QED) is 0.151. The molecule has 2 aromatic rings. The second kappa shape index (κ2) is 22.4. The van der Waals surface area contributed by atoms with Crippen molar-refractivity contribution in [2.24, 2.45) is 5.92 Å². The Morgan fingerprint density at radius 1 is 0.701 bits per heavy atom. The van der Waals surface area contributed by atoms with E-state index in [9.17, 15) is 19.5 Å². The van der Waals surface area contributed by atoms with Crippen LogP contribution in [0.4, 0.5) is 0 Å². The number of aliphatic hydroxyl groups excluding tert-OH is 2. The lowest BCUT2D eigenvalue weighted by atomic mass is 9.84. The van der Waals surface area contributed by atoms with Gasteiger partial charge >= 0.3 is 11.9 Å². The number of carbonyl (C=O) groups excluding carboxylic acids is 3. The van der Waals surface area contributed by atoms with E-state index in [0.717, 1.165) is 49.7 Å². The molecule has 16 nitrogen and oxygen atoms in total. The summed E-state index contributed by atoms with van der Waals surface area (Å²) in [6.07, 6.45) is 5.56. The number of hydrogen-bond donors (Lipinski definition) is 2. The molecule has 1 spiro atoms. The van der Waals surface area contributed by atoms with Gasteiger partial charge in [-0.25, -0.2) is 0 Å². The molecular formula is C51H68O16. The van der Waals surface area contributed by atoms with Crippen LogP contribution in [0.1, 0.15) is 95.1 Å². The molecule has 7 saturated heterocycles. The van der Waals surface area contributed by atoms with E-state index in [0.29, 0.717) is 32.5 Å². The predicted octanol–water partition coefficient (Wildman–Crippen LogP) is 5.21. The van der Waals surface area contributed by atoms with Crippen LogP contribution in [-0.2, 0) is 79.7 Å². The van der Waals surface area contributed by atoms with E-state index in [2.05, 4.69) is 6.58 Å². The second-order valence-electron chi connectivity index (χ2n) is 18.8. The van der Waals surface area contributed by atoms with Gasteiger partial charge in [-0.1, -0.05) is 80.6 Å². The van der Waals surface area contributed by atoms with Crippen molar-refractivity contribution >= 4 is 17.7 Å². The Kier molecular flexibility index (Phi) is 16.6. The van der Waals surface area contributed by atoms with Crippen molar-refractivity contribution in [3.63, 3.8) is 0 Å². The normalized spacial score (nSPS) is 36.6. The molecule has 1 unspecified atom stereocenters. The average molecular weight is 937 g/mol. The molecule has 0 amide bonds. The lowest BCUT2D eigenvalue weighted by Gasteiger charge is -2.49. The number of carbonyl (C=O) groups is 3. The first-order valence-electron chi connectivity index (χ1n) is 24.1. The van der Waals surface area contributed by atoms with Crippen LogP contribution in [0.15, 0.2) is 73.3 Å². The number of benzene rings is 2. The fourth-order valence-electron chi connectivity index (χ4n) is 10.9. The van der Waals surface area contributed by atoms with Gasteiger partial charge in [0.25, 0.3) is 0 Å². The number of fused-ring (bicyclic) bond motifs is 6. The number of ketones is 1. The molecular weight excluding hydrogens is 869 g/mol. The molecule has 2 N–H and O–H groups in total. The number of methoxy groups -OCH3 is 2. The van der Waals surface area contributed by atoms with Crippen LogP contribution in [0.2, 0.25) is 0 Å². The number of ether oxygens (including phenoxy) is 11. The lowest BCUT2D eigenvalue weighted by Crippen LogP contribution is -2.65. The van der Waals surface area contributed by atoms with Gasteiger partial charge < -0.3 is 62.3 Å². The van der Waals surface area contributed by atoms with E-state index in [1.54, 1.807) is 0 Å². The Morgan fingerprint density at radius 3 is 1.79 bits per heavy atom. The molecule has 1 saturated carbocycles. The van der Waals surface area contributed by atoms with Gasteiger partial charge in [0.15, 0.2) is 17.4 Å². The molecule has 2 bridgehead atoms. The van der Waals surface area contributed by atoms with Crippen LogP contribution >= 0.6 is 0 Å². The Balaban J connectivity index is 0.000000156. The molecule has 368 valence electrons. The van der Waals surface area contributed by atoms with Crippen molar-refractivity contribution in [3.05, 3.63) is 84.4 Å². The third-order valence-electron chi connectivity index (χ3n) is 14.5. The van der Waals surface area contributed by atoms with Gasteiger partial charge in [-0.15, -0.1) is 0 Å². The Labute approximate surface area is 392 Å². The van der Waals surface area contributed by atoms with E-state index in [-0.39, 0.29) is 104 Å². The third-order valence-corrected chi connectivity index (χ3v) is 14.5. The number of esters is 2. The minimum Gasteiger partial charge on any atom is -0.469 e. The minimum absolute atomic E-state index is 0.0549. The highest BCUT2D eigenvalue weighted by atomic mass is 16.8. The summed E-state index contributed by atoms with van der Waals surface area (Å²) in [6, 6.07) is 19.4. The first-order valence-corrected chi connectivity index (χ1v) is 24.1. The predicted molar refractivity (Wildman–Crippen MR) is 238 cm³/mol. The second-order valence-corrected chi connectivity index (χ2v) is 18.8. The maximum absolute atomic E-state index is 12.4. The molecule has 8 fully saturated rings. The first-order chi connectivity index (χ1) is 32.5. The summed E-state index contributed by atoms with van der Waals surface area (Å²) in [5.74, 6) is -2.74. The molecule has 0 radical (unpaired) electrons. The van der Waals surface area contributed by atoms with Crippen molar-refractivity contribution in [2.45, 2.75) is 188 Å². The summed E-state index contributed by atoms with van der Waals surface area (Å²) < 4.78 is 65.8. The lowest BCUT2D eigenvalue weighted by molar-refractivity contribution is -0.301. The standard InChI is InChI=1S/C22H28O8.C22H32O7.C7H8O/c1-25-16(23)11-14-7-8-15-17(27-14)18-19-20(28-15)21(24)22(29-18,30-19)9-10-26-12-13-5-3-2-4-6-13;1-4-15(23)13(2)18-20-21(29-22(28-20)10-6-5-7-11-22)19-16(27-18)9-8-14(26-19)12-17(24)25-3;8-6-7-4-2-1-3-5-7/h2-6,14-15,17-21,24H,7-12H2,1H3;4,13-14,16,18-21H,1,5-12H2,2-3H3;1-5,8H,6H2/t14-,15+,17+,18+,19+,20-,21+,22+;13-,14-,16+,18+,19+,20?,21+;/m11./s1. The molecule has 15 atom stereocenters. The molecule has 0 aromatic heterocycles. The molecule has 10 rings (SSSR count). The third kappa shape index (κ3) is 11.2. The summed E-state index contributed by atoms with van der Waals surface area (Å²) in [7, 11) is 2.76. The molecule has 7 heterocycles. The summed E-state index contributed by atoms with van der Waals surface area (Å²) in [5, 5.41) is 19.4. The molecule has 2 aromatic carbocycles. The topological polar surface area (TPSA) is 193 Å². The number of rotatable bonds is 13. The van der Waals surface area contributed by atoms with Gasteiger partial charge in [0.1, 0.15) is 48.8 Å². The highest BCUT2D eigenvalue weighted by Crippen LogP contribution is 2.53. The van der Waals surface area contributed by atoms with Crippen LogP contribution < -0.4 is 0 Å². The zero-order valence-corrected chi connectivity index (χ0v) is 38.9. The SMILES string of the molecule is C=CC(=O)[C@@H](C)[C@@H]1O[C@H]2CC[C@H](CC(=O)OC)O[C@@H]2[C@@H]2OC3(CCCCC3)OC21.COC(=O)C[C@H]1CC[C@@H]2O[C@@H]3[C@H]4O[C@](CCOCc5ccccc5)(O[C@H]4[C@H]2O1)[C@H]3O.OCc1ccccc1. The molecule has 8 aliphatic rings. The van der Waals surface area contributed by atoms with E-state index >= 15 is 0 Å². The zero-order chi connectivity index (χ0) is 47.1. The Morgan fingerprint density at radius 2 is 1.24 bits per heavy atom. The molecule has 16 heteroatoms. The monoisotopic (exact) mass is 936 g/mol. The van der Waals surface area contributed by atoms with Crippen LogP contribution in [-0.4, -0.2) is 140 Å². The van der Waals surface area contributed by atoms with Crippen molar-refractivity contribution in [1.82, 2.24) is 0 Å². The Bertz CT molecular complexity index is 1940. The number of hydrogen-bond acceptors (Lipinski definition) is 16. The van der Waals surface area contributed by atoms with Gasteiger partial charge in [0.05, 0.1) is 77.4 Å². The average Bonchev–Trinajstić information content (AvgIpc) is 4.03. The van der Waals surface area contributed by atoms with Gasteiger partial charge in [-0.2, -0.15) is 0 Å². The van der Waals surface area contributed by atoms with Gasteiger partial charge in [0, 0.05) is 25.2 Å². The molecule has 1 aliphatic carbocycles. The fraction of sp³-hybridized carbons (Fsp3) is 0.667. The number of aliphatic hydroxyl groups is 2.